The normalized spacial score (nSPS) is 17.8. The van der Waals surface area contributed by atoms with Gasteiger partial charge in [0.1, 0.15) is 0 Å². The van der Waals surface area contributed by atoms with Crippen molar-refractivity contribution in [2.45, 2.75) is 45.1 Å². The Morgan fingerprint density at radius 3 is 1.81 bits per heavy atom. The van der Waals surface area contributed by atoms with Gasteiger partial charge in [0.2, 0.25) is 5.91 Å². The standard InChI is InChI=1S/C18H29N3OS.2C2HF3O2/c1-15-4-5-16(23-15)14-20-9-6-18(7-10-20)8-11-21(17(18)22)13-12-19(2)3;2*3-2(4,5)1(6)7/h4-5H,6-14H2,1-3H3;2*(H,6,7). The zero-order valence-corrected chi connectivity index (χ0v) is 21.5. The lowest BCUT2D eigenvalue weighted by Crippen LogP contribution is -2.45. The predicted octanol–water partition coefficient (Wildman–Crippen LogP) is 3.70. The van der Waals surface area contributed by atoms with Crippen molar-refractivity contribution in [3.8, 4) is 0 Å². The third-order valence-corrected chi connectivity index (χ3v) is 6.88. The van der Waals surface area contributed by atoms with Crippen molar-refractivity contribution in [2.75, 3.05) is 46.8 Å². The maximum absolute atomic E-state index is 12.9. The Labute approximate surface area is 214 Å². The number of halogens is 6. The second-order valence-corrected chi connectivity index (χ2v) is 10.4. The number of rotatable bonds is 5. The summed E-state index contributed by atoms with van der Waals surface area (Å²) in [6.07, 6.45) is -7.03. The van der Waals surface area contributed by atoms with Gasteiger partial charge in [-0.1, -0.05) is 0 Å². The highest BCUT2D eigenvalue weighted by Crippen LogP contribution is 2.41. The molecular weight excluding hydrogens is 532 g/mol. The number of alkyl halides is 6. The molecule has 3 rings (SSSR count). The van der Waals surface area contributed by atoms with Gasteiger partial charge in [-0.3, -0.25) is 9.69 Å². The van der Waals surface area contributed by atoms with Gasteiger partial charge in [0.15, 0.2) is 0 Å². The number of carbonyl (C=O) groups is 3. The molecule has 1 aromatic rings. The molecule has 2 aliphatic rings. The van der Waals surface area contributed by atoms with Crippen LogP contribution in [0.1, 0.15) is 29.0 Å². The second-order valence-electron chi connectivity index (χ2n) is 9.02. The molecule has 0 unspecified atom stereocenters. The van der Waals surface area contributed by atoms with E-state index < -0.39 is 24.3 Å². The SMILES string of the molecule is Cc1ccc(CN2CCC3(CC2)CCN(CCN(C)C)C3=O)s1.O=C(O)C(F)(F)F.O=C(O)C(F)(F)F. The molecule has 0 saturated carbocycles. The van der Waals surface area contributed by atoms with Gasteiger partial charge in [-0.15, -0.1) is 11.3 Å². The van der Waals surface area contributed by atoms with E-state index in [0.717, 1.165) is 58.5 Å². The third-order valence-electron chi connectivity index (χ3n) is 5.89. The number of carboxylic acids is 2. The number of hydrogen-bond donors (Lipinski definition) is 2. The average molecular weight is 564 g/mol. The molecule has 212 valence electrons. The van der Waals surface area contributed by atoms with Crippen LogP contribution in [0.4, 0.5) is 26.3 Å². The summed E-state index contributed by atoms with van der Waals surface area (Å²) in [7, 11) is 4.14. The molecule has 2 saturated heterocycles. The summed E-state index contributed by atoms with van der Waals surface area (Å²) in [5, 5.41) is 14.2. The summed E-state index contributed by atoms with van der Waals surface area (Å²) >= 11 is 1.89. The molecule has 2 N–H and O–H groups in total. The summed E-state index contributed by atoms with van der Waals surface area (Å²) in [4.78, 5) is 40.3. The first kappa shape index (κ1) is 32.6. The summed E-state index contributed by atoms with van der Waals surface area (Å²) in [5.74, 6) is -5.09. The molecule has 37 heavy (non-hydrogen) atoms. The molecule has 2 fully saturated rings. The first-order valence-electron chi connectivity index (χ1n) is 11.2. The Morgan fingerprint density at radius 1 is 0.973 bits per heavy atom. The maximum Gasteiger partial charge on any atom is 0.490 e. The van der Waals surface area contributed by atoms with Gasteiger partial charge in [-0.2, -0.15) is 26.3 Å². The third kappa shape index (κ3) is 10.9. The van der Waals surface area contributed by atoms with E-state index in [0.29, 0.717) is 5.91 Å². The Morgan fingerprint density at radius 2 is 1.43 bits per heavy atom. The van der Waals surface area contributed by atoms with Crippen LogP contribution in [0.2, 0.25) is 0 Å². The molecule has 0 atom stereocenters. The first-order chi connectivity index (χ1) is 16.9. The van der Waals surface area contributed by atoms with Gasteiger partial charge in [0, 0.05) is 35.9 Å². The predicted molar refractivity (Wildman–Crippen MR) is 123 cm³/mol. The Kier molecular flexibility index (Phi) is 11.8. The minimum absolute atomic E-state index is 0.0474. The van der Waals surface area contributed by atoms with Gasteiger partial charge in [0.25, 0.3) is 0 Å². The lowest BCUT2D eigenvalue weighted by molar-refractivity contribution is -0.193. The smallest absolute Gasteiger partial charge is 0.475 e. The number of aliphatic carboxylic acids is 2. The number of likely N-dealkylation sites (N-methyl/N-ethyl adjacent to an activating group) is 1. The number of amides is 1. The molecule has 2 aliphatic heterocycles. The molecule has 8 nitrogen and oxygen atoms in total. The van der Waals surface area contributed by atoms with Crippen LogP contribution in [0.15, 0.2) is 12.1 Å². The molecule has 0 bridgehead atoms. The van der Waals surface area contributed by atoms with Crippen LogP contribution in [0.3, 0.4) is 0 Å². The highest BCUT2D eigenvalue weighted by atomic mass is 32.1. The zero-order chi connectivity index (χ0) is 28.6. The monoisotopic (exact) mass is 563 g/mol. The van der Waals surface area contributed by atoms with Crippen molar-refractivity contribution in [3.05, 3.63) is 21.9 Å². The van der Waals surface area contributed by atoms with E-state index >= 15 is 0 Å². The van der Waals surface area contributed by atoms with Crippen LogP contribution in [0, 0.1) is 12.3 Å². The van der Waals surface area contributed by atoms with Crippen molar-refractivity contribution in [1.82, 2.24) is 14.7 Å². The number of piperidine rings is 1. The minimum atomic E-state index is -5.08. The van der Waals surface area contributed by atoms with E-state index in [1.54, 1.807) is 0 Å². The fourth-order valence-electron chi connectivity index (χ4n) is 3.82. The average Bonchev–Trinajstić information content (AvgIpc) is 3.31. The number of likely N-dealkylation sites (tertiary alicyclic amines) is 2. The van der Waals surface area contributed by atoms with Gasteiger partial charge in [0.05, 0.1) is 5.41 Å². The lowest BCUT2D eigenvalue weighted by atomic mass is 9.77. The van der Waals surface area contributed by atoms with Crippen LogP contribution < -0.4 is 0 Å². The van der Waals surface area contributed by atoms with Crippen LogP contribution in [0.5, 0.6) is 0 Å². The fourth-order valence-corrected chi connectivity index (χ4v) is 4.75. The molecule has 0 aromatic carbocycles. The van der Waals surface area contributed by atoms with Crippen LogP contribution >= 0.6 is 11.3 Å². The number of carbonyl (C=O) groups excluding carboxylic acids is 1. The molecular formula is C22H31F6N3O5S. The molecule has 0 radical (unpaired) electrons. The topological polar surface area (TPSA) is 101 Å². The highest BCUT2D eigenvalue weighted by molar-refractivity contribution is 7.11. The van der Waals surface area contributed by atoms with Gasteiger partial charge in [-0.25, -0.2) is 9.59 Å². The number of nitrogens with zero attached hydrogens (tertiary/aromatic N) is 3. The highest BCUT2D eigenvalue weighted by Gasteiger charge is 2.47. The quantitative estimate of drug-likeness (QED) is 0.527. The van der Waals surface area contributed by atoms with Crippen LogP contribution in [0.25, 0.3) is 0 Å². The van der Waals surface area contributed by atoms with Gasteiger partial charge < -0.3 is 20.0 Å². The summed E-state index contributed by atoms with van der Waals surface area (Å²) < 4.78 is 63.5. The van der Waals surface area contributed by atoms with Crippen molar-refractivity contribution in [3.63, 3.8) is 0 Å². The Hall–Kier alpha value is -2.39. The van der Waals surface area contributed by atoms with Crippen LogP contribution in [-0.2, 0) is 20.9 Å². The molecule has 0 aliphatic carbocycles. The van der Waals surface area contributed by atoms with Crippen LogP contribution in [-0.4, -0.2) is 102 Å². The molecule has 1 aromatic heterocycles. The Balaban J connectivity index is 0.000000404. The summed E-state index contributed by atoms with van der Waals surface area (Å²) in [6.45, 7) is 8.13. The molecule has 3 heterocycles. The number of aryl methyl sites for hydroxylation is 1. The second kappa shape index (κ2) is 13.4. The summed E-state index contributed by atoms with van der Waals surface area (Å²) in [6, 6.07) is 4.45. The lowest BCUT2D eigenvalue weighted by Gasteiger charge is -2.37. The minimum Gasteiger partial charge on any atom is -0.475 e. The zero-order valence-electron chi connectivity index (χ0n) is 20.7. The first-order valence-corrected chi connectivity index (χ1v) is 12.0. The van der Waals surface area contributed by atoms with E-state index in [-0.39, 0.29) is 5.41 Å². The van der Waals surface area contributed by atoms with Crippen molar-refractivity contribution in [2.24, 2.45) is 5.41 Å². The van der Waals surface area contributed by atoms with E-state index in [9.17, 15) is 31.1 Å². The van der Waals surface area contributed by atoms with Crippen molar-refractivity contribution >= 4 is 29.2 Å². The number of thiophene rings is 1. The Bertz CT molecular complexity index is 887. The van der Waals surface area contributed by atoms with Gasteiger partial charge in [-0.05, 0) is 65.5 Å². The van der Waals surface area contributed by atoms with Crippen molar-refractivity contribution < 1.29 is 50.9 Å². The van der Waals surface area contributed by atoms with E-state index in [2.05, 4.69) is 47.9 Å². The van der Waals surface area contributed by atoms with Gasteiger partial charge >= 0.3 is 24.3 Å². The molecule has 1 spiro atoms. The van der Waals surface area contributed by atoms with E-state index in [4.69, 9.17) is 19.8 Å². The van der Waals surface area contributed by atoms with Crippen molar-refractivity contribution in [1.29, 1.82) is 0 Å². The summed E-state index contributed by atoms with van der Waals surface area (Å²) in [5.41, 5.74) is -0.0474. The number of hydrogen-bond acceptors (Lipinski definition) is 6. The largest absolute Gasteiger partial charge is 0.490 e. The maximum atomic E-state index is 12.9. The van der Waals surface area contributed by atoms with E-state index in [1.165, 1.54) is 9.75 Å². The molecule has 15 heteroatoms. The number of carboxylic acid groups (broad SMARTS) is 2. The fraction of sp³-hybridized carbons (Fsp3) is 0.682. The van der Waals surface area contributed by atoms with E-state index in [1.807, 2.05) is 11.3 Å². The molecule has 1 amide bonds.